The van der Waals surface area contributed by atoms with E-state index in [1.54, 1.807) is 0 Å². The third kappa shape index (κ3) is 3.54. The maximum absolute atomic E-state index is 12.3. The average molecular weight is 312 g/mol. The number of carbonyl (C=O) groups is 1. The van der Waals surface area contributed by atoms with Gasteiger partial charge in [-0.1, -0.05) is 19.8 Å². The molecular formula is C14H20N2O4S. The van der Waals surface area contributed by atoms with E-state index in [0.717, 1.165) is 31.7 Å². The van der Waals surface area contributed by atoms with Gasteiger partial charge in [0.2, 0.25) is 10.0 Å². The molecule has 0 unspecified atom stereocenters. The normalized spacial score (nSPS) is 17.8. The van der Waals surface area contributed by atoms with Crippen molar-refractivity contribution in [2.75, 3.05) is 12.3 Å². The number of nitrogen functional groups attached to an aromatic ring is 1. The Balaban J connectivity index is 2.17. The van der Waals surface area contributed by atoms with Crippen LogP contribution in [0.25, 0.3) is 0 Å². The first kappa shape index (κ1) is 15.8. The molecule has 0 heterocycles. The van der Waals surface area contributed by atoms with E-state index in [-0.39, 0.29) is 21.6 Å². The van der Waals surface area contributed by atoms with Gasteiger partial charge in [-0.2, -0.15) is 0 Å². The molecule has 6 nitrogen and oxygen atoms in total. The molecule has 0 aliphatic heterocycles. The first-order valence-electron chi connectivity index (χ1n) is 6.86. The molecule has 0 saturated heterocycles. The summed E-state index contributed by atoms with van der Waals surface area (Å²) < 4.78 is 27.2. The molecule has 1 fully saturated rings. The van der Waals surface area contributed by atoms with Crippen LogP contribution in [0.3, 0.4) is 0 Å². The van der Waals surface area contributed by atoms with Crippen LogP contribution in [0.2, 0.25) is 0 Å². The molecule has 0 atom stereocenters. The number of hydrogen-bond donors (Lipinski definition) is 3. The van der Waals surface area contributed by atoms with Crippen molar-refractivity contribution in [1.82, 2.24) is 4.72 Å². The van der Waals surface area contributed by atoms with Gasteiger partial charge in [0, 0.05) is 6.54 Å². The third-order valence-corrected chi connectivity index (χ3v) is 5.52. The van der Waals surface area contributed by atoms with Crippen molar-refractivity contribution in [1.29, 1.82) is 0 Å². The largest absolute Gasteiger partial charge is 0.478 e. The van der Waals surface area contributed by atoms with E-state index in [1.807, 2.05) is 0 Å². The summed E-state index contributed by atoms with van der Waals surface area (Å²) >= 11 is 0. The zero-order valence-electron chi connectivity index (χ0n) is 11.9. The minimum Gasteiger partial charge on any atom is -0.478 e. The Hall–Kier alpha value is -1.60. The van der Waals surface area contributed by atoms with E-state index in [1.165, 1.54) is 12.1 Å². The highest BCUT2D eigenvalue weighted by Crippen LogP contribution is 2.37. The number of carboxylic acids is 1. The van der Waals surface area contributed by atoms with Gasteiger partial charge in [-0.3, -0.25) is 0 Å². The first-order chi connectivity index (χ1) is 9.73. The molecule has 116 valence electrons. The monoisotopic (exact) mass is 312 g/mol. The number of nitrogens with two attached hydrogens (primary N) is 1. The standard InChI is InChI=1S/C14H20N2O4S/c1-14(6-2-3-7-14)9-16-21(19,20)12-5-4-10(13(17)18)8-11(12)15/h4-5,8,16H,2-3,6-7,9,15H2,1H3,(H,17,18). The molecule has 1 aromatic rings. The fraction of sp³-hybridized carbons (Fsp3) is 0.500. The van der Waals surface area contributed by atoms with Gasteiger partial charge in [-0.05, 0) is 36.5 Å². The molecule has 0 aromatic heterocycles. The number of rotatable bonds is 5. The lowest BCUT2D eigenvalue weighted by atomic mass is 9.89. The molecule has 1 aliphatic rings. The van der Waals surface area contributed by atoms with Gasteiger partial charge in [0.25, 0.3) is 0 Å². The Bertz CT molecular complexity index is 649. The van der Waals surface area contributed by atoms with Gasteiger partial charge in [-0.25, -0.2) is 17.9 Å². The Morgan fingerprint density at radius 3 is 2.52 bits per heavy atom. The lowest BCUT2D eigenvalue weighted by Crippen LogP contribution is -2.34. The number of carboxylic acid groups (broad SMARTS) is 1. The zero-order valence-corrected chi connectivity index (χ0v) is 12.7. The number of anilines is 1. The molecule has 4 N–H and O–H groups in total. The summed E-state index contributed by atoms with van der Waals surface area (Å²) in [6.07, 6.45) is 4.24. The van der Waals surface area contributed by atoms with Crippen molar-refractivity contribution < 1.29 is 18.3 Å². The third-order valence-electron chi connectivity index (χ3n) is 4.05. The van der Waals surface area contributed by atoms with E-state index in [2.05, 4.69) is 11.6 Å². The van der Waals surface area contributed by atoms with E-state index in [4.69, 9.17) is 10.8 Å². The lowest BCUT2D eigenvalue weighted by Gasteiger charge is -2.23. The summed E-state index contributed by atoms with van der Waals surface area (Å²) in [6.45, 7) is 2.44. The van der Waals surface area contributed by atoms with Crippen LogP contribution < -0.4 is 10.5 Å². The van der Waals surface area contributed by atoms with Crippen LogP contribution in [0, 0.1) is 5.41 Å². The van der Waals surface area contributed by atoms with Crippen LogP contribution in [0.5, 0.6) is 0 Å². The van der Waals surface area contributed by atoms with Crippen LogP contribution in [-0.2, 0) is 10.0 Å². The molecular weight excluding hydrogens is 292 g/mol. The molecule has 0 amide bonds. The number of hydrogen-bond acceptors (Lipinski definition) is 4. The first-order valence-corrected chi connectivity index (χ1v) is 8.34. The molecule has 1 aliphatic carbocycles. The summed E-state index contributed by atoms with van der Waals surface area (Å²) in [7, 11) is -3.73. The van der Waals surface area contributed by atoms with Crippen LogP contribution in [0.4, 0.5) is 5.69 Å². The number of benzene rings is 1. The Labute approximate surface area is 124 Å². The maximum atomic E-state index is 12.3. The van der Waals surface area contributed by atoms with E-state index >= 15 is 0 Å². The second-order valence-corrected chi connectivity index (χ2v) is 7.64. The molecule has 1 saturated carbocycles. The van der Waals surface area contributed by atoms with Crippen LogP contribution >= 0.6 is 0 Å². The van der Waals surface area contributed by atoms with Gasteiger partial charge < -0.3 is 10.8 Å². The lowest BCUT2D eigenvalue weighted by molar-refractivity contribution is 0.0697. The maximum Gasteiger partial charge on any atom is 0.335 e. The molecule has 7 heteroatoms. The van der Waals surface area contributed by atoms with Crippen LogP contribution in [0.15, 0.2) is 23.1 Å². The minimum absolute atomic E-state index is 0.0111. The number of sulfonamides is 1. The molecule has 21 heavy (non-hydrogen) atoms. The number of aromatic carboxylic acids is 1. The number of nitrogens with one attached hydrogen (secondary N) is 1. The SMILES string of the molecule is CC1(CNS(=O)(=O)c2ccc(C(=O)O)cc2N)CCCC1. The van der Waals surface area contributed by atoms with Crippen molar-refractivity contribution in [2.24, 2.45) is 5.41 Å². The van der Waals surface area contributed by atoms with E-state index in [0.29, 0.717) is 6.54 Å². The predicted octanol–water partition coefficient (Wildman–Crippen LogP) is 1.83. The van der Waals surface area contributed by atoms with Gasteiger partial charge in [0.15, 0.2) is 0 Å². The Morgan fingerprint density at radius 1 is 1.38 bits per heavy atom. The molecule has 0 radical (unpaired) electrons. The molecule has 0 bridgehead atoms. The minimum atomic E-state index is -3.73. The fourth-order valence-corrected chi connectivity index (χ4v) is 3.99. The van der Waals surface area contributed by atoms with Crippen molar-refractivity contribution >= 4 is 21.7 Å². The van der Waals surface area contributed by atoms with Gasteiger partial charge in [0.05, 0.1) is 11.3 Å². The molecule has 2 rings (SSSR count). The van der Waals surface area contributed by atoms with Gasteiger partial charge in [-0.15, -0.1) is 0 Å². The summed E-state index contributed by atoms with van der Waals surface area (Å²) in [5.74, 6) is -1.14. The molecule has 0 spiro atoms. The summed E-state index contributed by atoms with van der Waals surface area (Å²) in [5, 5.41) is 8.86. The fourth-order valence-electron chi connectivity index (χ4n) is 2.68. The highest BCUT2D eigenvalue weighted by Gasteiger charge is 2.30. The van der Waals surface area contributed by atoms with Crippen LogP contribution in [0.1, 0.15) is 43.0 Å². The summed E-state index contributed by atoms with van der Waals surface area (Å²) in [6, 6.07) is 3.64. The van der Waals surface area contributed by atoms with Crippen molar-refractivity contribution in [3.63, 3.8) is 0 Å². The second kappa shape index (κ2) is 5.65. The van der Waals surface area contributed by atoms with Gasteiger partial charge >= 0.3 is 5.97 Å². The topological polar surface area (TPSA) is 109 Å². The summed E-state index contributed by atoms with van der Waals surface area (Å²) in [5.41, 5.74) is 5.58. The predicted molar refractivity (Wildman–Crippen MR) is 79.6 cm³/mol. The van der Waals surface area contributed by atoms with Crippen LogP contribution in [-0.4, -0.2) is 26.0 Å². The highest BCUT2D eigenvalue weighted by molar-refractivity contribution is 7.89. The highest BCUT2D eigenvalue weighted by atomic mass is 32.2. The van der Waals surface area contributed by atoms with E-state index in [9.17, 15) is 13.2 Å². The Morgan fingerprint density at radius 2 is 2.00 bits per heavy atom. The summed E-state index contributed by atoms with van der Waals surface area (Å²) in [4.78, 5) is 10.8. The van der Waals surface area contributed by atoms with Crippen molar-refractivity contribution in [3.05, 3.63) is 23.8 Å². The van der Waals surface area contributed by atoms with E-state index < -0.39 is 16.0 Å². The zero-order chi connectivity index (χ0) is 15.7. The quantitative estimate of drug-likeness (QED) is 0.718. The smallest absolute Gasteiger partial charge is 0.335 e. The van der Waals surface area contributed by atoms with Crippen molar-refractivity contribution in [3.8, 4) is 0 Å². The molecule has 1 aromatic carbocycles. The second-order valence-electron chi connectivity index (χ2n) is 5.90. The Kier molecular flexibility index (Phi) is 4.25. The van der Waals surface area contributed by atoms with Gasteiger partial charge in [0.1, 0.15) is 4.90 Å². The van der Waals surface area contributed by atoms with Crippen molar-refractivity contribution in [2.45, 2.75) is 37.5 Å². The average Bonchev–Trinajstić information content (AvgIpc) is 2.84.